The Balaban J connectivity index is 1.52. The minimum absolute atomic E-state index is 0.283. The lowest BCUT2D eigenvalue weighted by Crippen LogP contribution is -2.29. The zero-order chi connectivity index (χ0) is 20.4. The Bertz CT molecular complexity index is 1050. The van der Waals surface area contributed by atoms with Crippen LogP contribution in [0.2, 0.25) is 0 Å². The van der Waals surface area contributed by atoms with Gasteiger partial charge in [-0.2, -0.15) is 5.10 Å². The lowest BCUT2D eigenvalue weighted by Gasteiger charge is -2.14. The Morgan fingerprint density at radius 3 is 2.21 bits per heavy atom. The van der Waals surface area contributed by atoms with E-state index in [1.54, 1.807) is 72.6 Å². The minimum Gasteiger partial charge on any atom is -0.383 e. The number of hydrogen-bond donors (Lipinski definition) is 1. The third-order valence-electron chi connectivity index (χ3n) is 4.58. The number of imide groups is 1. The van der Waals surface area contributed by atoms with Gasteiger partial charge in [0.25, 0.3) is 17.7 Å². The fraction of sp³-hybridized carbons (Fsp3) is 0.143. The van der Waals surface area contributed by atoms with Crippen molar-refractivity contribution in [3.63, 3.8) is 0 Å². The number of rotatable bonds is 6. The third kappa shape index (κ3) is 3.41. The Labute approximate surface area is 166 Å². The summed E-state index contributed by atoms with van der Waals surface area (Å²) in [6.07, 6.45) is 1.67. The smallest absolute Gasteiger partial charge is 0.271 e. The molecule has 0 bridgehead atoms. The van der Waals surface area contributed by atoms with Crippen molar-refractivity contribution in [2.45, 2.75) is 0 Å². The topological polar surface area (TPSA) is 93.5 Å². The van der Waals surface area contributed by atoms with E-state index in [1.807, 2.05) is 0 Å². The molecule has 1 aromatic heterocycles. The van der Waals surface area contributed by atoms with E-state index >= 15 is 0 Å². The first-order chi connectivity index (χ1) is 14.1. The Kier molecular flexibility index (Phi) is 4.92. The van der Waals surface area contributed by atoms with Crippen LogP contribution in [-0.4, -0.2) is 47.8 Å². The molecule has 2 heterocycles. The fourth-order valence-electron chi connectivity index (χ4n) is 3.12. The number of anilines is 1. The molecule has 8 heteroatoms. The molecule has 3 aromatic rings. The average Bonchev–Trinajstić information content (AvgIpc) is 3.33. The quantitative estimate of drug-likeness (QED) is 0.514. The van der Waals surface area contributed by atoms with Gasteiger partial charge >= 0.3 is 0 Å². The number of ether oxygens (including phenoxy) is 1. The van der Waals surface area contributed by atoms with Crippen LogP contribution in [0.25, 0.3) is 5.69 Å². The van der Waals surface area contributed by atoms with Crippen LogP contribution < -0.4 is 10.2 Å². The van der Waals surface area contributed by atoms with E-state index in [9.17, 15) is 14.4 Å². The van der Waals surface area contributed by atoms with Gasteiger partial charge in [-0.3, -0.25) is 14.4 Å². The van der Waals surface area contributed by atoms with E-state index in [0.717, 1.165) is 4.90 Å². The van der Waals surface area contributed by atoms with Gasteiger partial charge in [-0.25, -0.2) is 9.58 Å². The predicted octanol–water partition coefficient (Wildman–Crippen LogP) is 2.05. The summed E-state index contributed by atoms with van der Waals surface area (Å²) >= 11 is 0. The first-order valence-electron chi connectivity index (χ1n) is 9.01. The van der Waals surface area contributed by atoms with Crippen molar-refractivity contribution in [3.8, 4) is 5.69 Å². The van der Waals surface area contributed by atoms with E-state index in [1.165, 1.54) is 0 Å². The van der Waals surface area contributed by atoms with Crippen LogP contribution >= 0.6 is 0 Å². The summed E-state index contributed by atoms with van der Waals surface area (Å²) in [5.74, 6) is -0.969. The van der Waals surface area contributed by atoms with E-state index < -0.39 is 0 Å². The molecule has 0 fully saturated rings. The van der Waals surface area contributed by atoms with Gasteiger partial charge in [0, 0.05) is 19.9 Å². The molecule has 1 N–H and O–H groups in total. The molecule has 1 aliphatic rings. The van der Waals surface area contributed by atoms with Gasteiger partial charge in [-0.15, -0.1) is 0 Å². The lowest BCUT2D eigenvalue weighted by molar-refractivity contribution is 0.0917. The molecule has 0 spiro atoms. The highest BCUT2D eigenvalue weighted by Gasteiger charge is 2.36. The standard InChI is InChI=1S/C21H18N4O4/c1-29-13-11-22-19(26)18-10-12-24(23-18)14-6-8-15(9-7-14)25-20(27)16-4-2-3-5-17(16)21(25)28/h2-10,12H,11,13H2,1H3,(H,22,26). The predicted molar refractivity (Wildman–Crippen MR) is 105 cm³/mol. The Morgan fingerprint density at radius 1 is 0.966 bits per heavy atom. The summed E-state index contributed by atoms with van der Waals surface area (Å²) in [5.41, 5.74) is 2.26. The molecular weight excluding hydrogens is 372 g/mol. The second-order valence-electron chi connectivity index (χ2n) is 6.40. The van der Waals surface area contributed by atoms with Gasteiger partial charge < -0.3 is 10.1 Å². The van der Waals surface area contributed by atoms with Crippen molar-refractivity contribution in [3.05, 3.63) is 77.6 Å². The van der Waals surface area contributed by atoms with E-state index in [0.29, 0.717) is 35.7 Å². The summed E-state index contributed by atoms with van der Waals surface area (Å²) in [6.45, 7) is 0.822. The number of methoxy groups -OCH3 is 1. The summed E-state index contributed by atoms with van der Waals surface area (Å²) in [5, 5.41) is 6.97. The monoisotopic (exact) mass is 390 g/mol. The molecule has 8 nitrogen and oxygen atoms in total. The van der Waals surface area contributed by atoms with Crippen LogP contribution in [0.1, 0.15) is 31.2 Å². The van der Waals surface area contributed by atoms with Crippen molar-refractivity contribution >= 4 is 23.4 Å². The molecule has 4 rings (SSSR count). The number of nitrogens with one attached hydrogen (secondary N) is 1. The number of carbonyl (C=O) groups excluding carboxylic acids is 3. The SMILES string of the molecule is COCCNC(=O)c1ccn(-c2ccc(N3C(=O)c4ccccc4C3=O)cc2)n1. The molecular formula is C21H18N4O4. The third-order valence-corrected chi connectivity index (χ3v) is 4.58. The highest BCUT2D eigenvalue weighted by molar-refractivity contribution is 6.34. The number of fused-ring (bicyclic) bond motifs is 1. The molecule has 0 saturated carbocycles. The number of carbonyl (C=O) groups is 3. The van der Waals surface area contributed by atoms with Gasteiger partial charge in [0.05, 0.1) is 29.1 Å². The van der Waals surface area contributed by atoms with E-state index in [-0.39, 0.29) is 23.4 Å². The molecule has 0 unspecified atom stereocenters. The first kappa shape index (κ1) is 18.6. The van der Waals surface area contributed by atoms with Crippen molar-refractivity contribution < 1.29 is 19.1 Å². The molecule has 2 aromatic carbocycles. The zero-order valence-electron chi connectivity index (χ0n) is 15.7. The molecule has 146 valence electrons. The normalized spacial score (nSPS) is 12.9. The second-order valence-corrected chi connectivity index (χ2v) is 6.40. The zero-order valence-corrected chi connectivity index (χ0v) is 15.7. The van der Waals surface area contributed by atoms with Crippen LogP contribution in [0.4, 0.5) is 5.69 Å². The van der Waals surface area contributed by atoms with E-state index in [4.69, 9.17) is 4.74 Å². The second kappa shape index (κ2) is 7.69. The summed E-state index contributed by atoms with van der Waals surface area (Å²) in [4.78, 5) is 38.4. The maximum atomic E-state index is 12.6. The van der Waals surface area contributed by atoms with Crippen LogP contribution in [0.15, 0.2) is 60.8 Å². The van der Waals surface area contributed by atoms with E-state index in [2.05, 4.69) is 10.4 Å². The molecule has 0 radical (unpaired) electrons. The number of nitrogens with zero attached hydrogens (tertiary/aromatic N) is 3. The average molecular weight is 390 g/mol. The molecule has 3 amide bonds. The van der Waals surface area contributed by atoms with Crippen molar-refractivity contribution in [1.29, 1.82) is 0 Å². The molecule has 0 aliphatic carbocycles. The Hall–Kier alpha value is -3.78. The highest BCUT2D eigenvalue weighted by Crippen LogP contribution is 2.28. The van der Waals surface area contributed by atoms with Crippen LogP contribution in [0.3, 0.4) is 0 Å². The molecule has 0 atom stereocenters. The summed E-state index contributed by atoms with van der Waals surface area (Å²) in [7, 11) is 1.56. The Morgan fingerprint density at radius 2 is 1.59 bits per heavy atom. The van der Waals surface area contributed by atoms with Crippen LogP contribution in [0, 0.1) is 0 Å². The number of benzene rings is 2. The van der Waals surface area contributed by atoms with Gasteiger partial charge in [0.1, 0.15) is 0 Å². The van der Waals surface area contributed by atoms with Crippen LogP contribution in [0.5, 0.6) is 0 Å². The number of amides is 3. The van der Waals surface area contributed by atoms with Gasteiger partial charge in [0.2, 0.25) is 0 Å². The first-order valence-corrected chi connectivity index (χ1v) is 9.01. The van der Waals surface area contributed by atoms with Gasteiger partial charge in [-0.05, 0) is 42.5 Å². The number of aromatic nitrogens is 2. The van der Waals surface area contributed by atoms with Crippen molar-refractivity contribution in [2.75, 3.05) is 25.2 Å². The van der Waals surface area contributed by atoms with Gasteiger partial charge in [-0.1, -0.05) is 12.1 Å². The summed E-state index contributed by atoms with van der Waals surface area (Å²) in [6, 6.07) is 15.2. The van der Waals surface area contributed by atoms with Crippen LogP contribution in [-0.2, 0) is 4.74 Å². The van der Waals surface area contributed by atoms with Crippen molar-refractivity contribution in [1.82, 2.24) is 15.1 Å². The molecule has 29 heavy (non-hydrogen) atoms. The lowest BCUT2D eigenvalue weighted by atomic mass is 10.1. The number of hydrogen-bond acceptors (Lipinski definition) is 5. The maximum Gasteiger partial charge on any atom is 0.271 e. The summed E-state index contributed by atoms with van der Waals surface area (Å²) < 4.78 is 6.45. The molecule has 1 aliphatic heterocycles. The largest absolute Gasteiger partial charge is 0.383 e. The fourth-order valence-corrected chi connectivity index (χ4v) is 3.12. The maximum absolute atomic E-state index is 12.6. The highest BCUT2D eigenvalue weighted by atomic mass is 16.5. The molecule has 0 saturated heterocycles. The van der Waals surface area contributed by atoms with Crippen molar-refractivity contribution in [2.24, 2.45) is 0 Å². The van der Waals surface area contributed by atoms with Gasteiger partial charge in [0.15, 0.2) is 5.69 Å². The minimum atomic E-state index is -0.340.